The minimum absolute atomic E-state index is 0.116. The van der Waals surface area contributed by atoms with E-state index in [1.165, 1.54) is 17.5 Å². The number of nitrogens with zero attached hydrogens (tertiary/aromatic N) is 3. The van der Waals surface area contributed by atoms with Crippen LogP contribution in [0.2, 0.25) is 0 Å². The summed E-state index contributed by atoms with van der Waals surface area (Å²) < 4.78 is 11.3. The van der Waals surface area contributed by atoms with Crippen molar-refractivity contribution >= 4 is 22.9 Å². The average molecular weight is 433 g/mol. The number of ether oxygens (including phenoxy) is 2. The largest absolute Gasteiger partial charge is 0.491 e. The van der Waals surface area contributed by atoms with E-state index in [0.29, 0.717) is 23.0 Å². The molecular formula is C23H20N4O3S. The zero-order valence-corrected chi connectivity index (χ0v) is 17.8. The Hall–Kier alpha value is -3.78. The summed E-state index contributed by atoms with van der Waals surface area (Å²) in [4.78, 5) is 25.2. The Bertz CT molecular complexity index is 1160. The van der Waals surface area contributed by atoms with Gasteiger partial charge in [-0.25, -0.2) is 9.97 Å². The molecule has 2 heterocycles. The van der Waals surface area contributed by atoms with Crippen molar-refractivity contribution in [2.24, 2.45) is 0 Å². The molecule has 2 aromatic carbocycles. The Morgan fingerprint density at radius 1 is 1.06 bits per heavy atom. The summed E-state index contributed by atoms with van der Waals surface area (Å²) in [5, 5.41) is 5.35. The standard InChI is InChI=1S/C23H20N4O3S/c1-15(2)29-18-8-6-16(7-9-18)23-27-20(14-31-23)22(28)26-17-4-3-5-19(12-17)30-21-13-24-10-11-25-21/h3-15H,1-2H3,(H,26,28). The molecule has 0 aliphatic heterocycles. The lowest BCUT2D eigenvalue weighted by Crippen LogP contribution is -2.12. The molecule has 0 fully saturated rings. The molecule has 1 N–H and O–H groups in total. The van der Waals surface area contributed by atoms with E-state index in [0.717, 1.165) is 16.3 Å². The first-order chi connectivity index (χ1) is 15.1. The van der Waals surface area contributed by atoms with Crippen molar-refractivity contribution < 1.29 is 14.3 Å². The molecule has 0 aliphatic carbocycles. The number of aromatic nitrogens is 3. The molecule has 4 rings (SSSR count). The fourth-order valence-electron chi connectivity index (χ4n) is 2.75. The third-order valence-electron chi connectivity index (χ3n) is 4.06. The highest BCUT2D eigenvalue weighted by atomic mass is 32.1. The molecule has 1 amide bonds. The van der Waals surface area contributed by atoms with E-state index in [1.54, 1.807) is 42.0 Å². The van der Waals surface area contributed by atoms with Crippen molar-refractivity contribution in [3.05, 3.63) is 78.2 Å². The fourth-order valence-corrected chi connectivity index (χ4v) is 3.56. The molecule has 4 aromatic rings. The number of carbonyl (C=O) groups is 1. The van der Waals surface area contributed by atoms with E-state index in [9.17, 15) is 4.79 Å². The highest BCUT2D eigenvalue weighted by Gasteiger charge is 2.13. The maximum absolute atomic E-state index is 12.7. The second kappa shape index (κ2) is 9.36. The molecule has 0 radical (unpaired) electrons. The van der Waals surface area contributed by atoms with Crippen molar-refractivity contribution in [3.63, 3.8) is 0 Å². The summed E-state index contributed by atoms with van der Waals surface area (Å²) in [6.07, 6.45) is 4.75. The first-order valence-corrected chi connectivity index (χ1v) is 10.5. The Morgan fingerprint density at radius 3 is 2.65 bits per heavy atom. The minimum atomic E-state index is -0.293. The second-order valence-electron chi connectivity index (χ2n) is 6.86. The van der Waals surface area contributed by atoms with Gasteiger partial charge in [-0.2, -0.15) is 0 Å². The molecule has 0 spiro atoms. The fraction of sp³-hybridized carbons (Fsp3) is 0.130. The minimum Gasteiger partial charge on any atom is -0.491 e. The predicted octanol–water partition coefficient (Wildman–Crippen LogP) is 5.43. The number of rotatable bonds is 7. The van der Waals surface area contributed by atoms with Crippen LogP contribution >= 0.6 is 11.3 Å². The summed E-state index contributed by atoms with van der Waals surface area (Å²) in [6, 6.07) is 14.7. The number of hydrogen-bond acceptors (Lipinski definition) is 7. The molecule has 0 saturated heterocycles. The molecule has 0 bridgehead atoms. The monoisotopic (exact) mass is 432 g/mol. The first kappa shape index (κ1) is 20.5. The van der Waals surface area contributed by atoms with Crippen LogP contribution in [0.3, 0.4) is 0 Å². The van der Waals surface area contributed by atoms with Gasteiger partial charge in [0.05, 0.1) is 12.3 Å². The zero-order chi connectivity index (χ0) is 21.6. The molecule has 7 nitrogen and oxygen atoms in total. The van der Waals surface area contributed by atoms with Gasteiger partial charge in [0.25, 0.3) is 5.91 Å². The SMILES string of the molecule is CC(C)Oc1ccc(-c2nc(C(=O)Nc3cccc(Oc4cnccn4)c3)cs2)cc1. The zero-order valence-electron chi connectivity index (χ0n) is 17.0. The lowest BCUT2D eigenvalue weighted by molar-refractivity contribution is 0.102. The molecule has 0 saturated carbocycles. The number of hydrogen-bond donors (Lipinski definition) is 1. The summed E-state index contributed by atoms with van der Waals surface area (Å²) in [5.74, 6) is 1.43. The Labute approximate surface area is 183 Å². The molecule has 0 unspecified atom stereocenters. The number of benzene rings is 2. The van der Waals surface area contributed by atoms with Crippen LogP contribution in [0.25, 0.3) is 10.6 Å². The Balaban J connectivity index is 1.43. The highest BCUT2D eigenvalue weighted by Crippen LogP contribution is 2.27. The quantitative estimate of drug-likeness (QED) is 0.419. The van der Waals surface area contributed by atoms with Gasteiger partial charge < -0.3 is 14.8 Å². The number of nitrogens with one attached hydrogen (secondary N) is 1. The maximum Gasteiger partial charge on any atom is 0.275 e. The topological polar surface area (TPSA) is 86.2 Å². The van der Waals surface area contributed by atoms with Crippen molar-refractivity contribution in [1.29, 1.82) is 0 Å². The summed E-state index contributed by atoms with van der Waals surface area (Å²) >= 11 is 1.41. The van der Waals surface area contributed by atoms with Crippen LogP contribution in [0.15, 0.2) is 72.5 Å². The van der Waals surface area contributed by atoms with Crippen LogP contribution < -0.4 is 14.8 Å². The van der Waals surface area contributed by atoms with Crippen LogP contribution in [-0.2, 0) is 0 Å². The number of amides is 1. The third kappa shape index (κ3) is 5.43. The van der Waals surface area contributed by atoms with Gasteiger partial charge in [-0.1, -0.05) is 6.07 Å². The molecule has 0 aliphatic rings. The van der Waals surface area contributed by atoms with Gasteiger partial charge in [-0.05, 0) is 50.2 Å². The van der Waals surface area contributed by atoms with Crippen molar-refractivity contribution in [2.75, 3.05) is 5.32 Å². The van der Waals surface area contributed by atoms with E-state index >= 15 is 0 Å². The third-order valence-corrected chi connectivity index (χ3v) is 4.96. The van der Waals surface area contributed by atoms with E-state index < -0.39 is 0 Å². The molecular weight excluding hydrogens is 412 g/mol. The van der Waals surface area contributed by atoms with Gasteiger partial charge in [0.2, 0.25) is 5.88 Å². The van der Waals surface area contributed by atoms with Crippen LogP contribution in [0, 0.1) is 0 Å². The van der Waals surface area contributed by atoms with Crippen LogP contribution in [0.4, 0.5) is 5.69 Å². The van der Waals surface area contributed by atoms with E-state index in [-0.39, 0.29) is 12.0 Å². The summed E-state index contributed by atoms with van der Waals surface area (Å²) in [6.45, 7) is 3.97. The van der Waals surface area contributed by atoms with Crippen LogP contribution in [-0.4, -0.2) is 27.0 Å². The lowest BCUT2D eigenvalue weighted by Gasteiger charge is -2.09. The maximum atomic E-state index is 12.7. The lowest BCUT2D eigenvalue weighted by atomic mass is 10.2. The van der Waals surface area contributed by atoms with E-state index in [2.05, 4.69) is 20.3 Å². The van der Waals surface area contributed by atoms with E-state index in [1.807, 2.05) is 38.1 Å². The number of anilines is 1. The molecule has 2 aromatic heterocycles. The van der Waals surface area contributed by atoms with Gasteiger partial charge in [-0.15, -0.1) is 11.3 Å². The molecule has 156 valence electrons. The normalized spacial score (nSPS) is 10.7. The Morgan fingerprint density at radius 2 is 1.90 bits per heavy atom. The van der Waals surface area contributed by atoms with E-state index in [4.69, 9.17) is 9.47 Å². The smallest absolute Gasteiger partial charge is 0.275 e. The molecule has 0 atom stereocenters. The number of thiazole rings is 1. The van der Waals surface area contributed by atoms with Crippen molar-refractivity contribution in [3.8, 4) is 28.0 Å². The van der Waals surface area contributed by atoms with Crippen molar-refractivity contribution in [2.45, 2.75) is 20.0 Å². The van der Waals surface area contributed by atoms with Gasteiger partial charge >= 0.3 is 0 Å². The highest BCUT2D eigenvalue weighted by molar-refractivity contribution is 7.13. The molecule has 8 heteroatoms. The number of carbonyl (C=O) groups excluding carboxylic acids is 1. The summed E-state index contributed by atoms with van der Waals surface area (Å²) in [7, 11) is 0. The second-order valence-corrected chi connectivity index (χ2v) is 7.71. The molecule has 31 heavy (non-hydrogen) atoms. The first-order valence-electron chi connectivity index (χ1n) is 9.65. The van der Waals surface area contributed by atoms with Crippen LogP contribution in [0.1, 0.15) is 24.3 Å². The van der Waals surface area contributed by atoms with Gasteiger partial charge in [0.1, 0.15) is 22.2 Å². The average Bonchev–Trinajstić information content (AvgIpc) is 3.25. The van der Waals surface area contributed by atoms with Crippen molar-refractivity contribution in [1.82, 2.24) is 15.0 Å². The van der Waals surface area contributed by atoms with Gasteiger partial charge in [0, 0.05) is 35.1 Å². The van der Waals surface area contributed by atoms with Gasteiger partial charge in [-0.3, -0.25) is 9.78 Å². The summed E-state index contributed by atoms with van der Waals surface area (Å²) in [5.41, 5.74) is 1.87. The predicted molar refractivity (Wildman–Crippen MR) is 120 cm³/mol. The van der Waals surface area contributed by atoms with Gasteiger partial charge in [0.15, 0.2) is 0 Å². The van der Waals surface area contributed by atoms with Crippen LogP contribution in [0.5, 0.6) is 17.4 Å². The Kier molecular flexibility index (Phi) is 6.18.